The smallest absolute Gasteiger partial charge is 0.257 e. The summed E-state index contributed by atoms with van der Waals surface area (Å²) < 4.78 is 25.0. The largest absolute Gasteiger partial charge is 0.319 e. The van der Waals surface area contributed by atoms with Crippen LogP contribution in [0.1, 0.15) is 11.6 Å². The number of nitrogens with two attached hydrogens (primary N) is 1. The van der Waals surface area contributed by atoms with Crippen molar-refractivity contribution in [3.63, 3.8) is 0 Å². The van der Waals surface area contributed by atoms with Gasteiger partial charge >= 0.3 is 0 Å². The van der Waals surface area contributed by atoms with Crippen molar-refractivity contribution in [3.8, 4) is 0 Å². The summed E-state index contributed by atoms with van der Waals surface area (Å²) in [4.78, 5) is 3.91. The van der Waals surface area contributed by atoms with Crippen molar-refractivity contribution in [2.75, 3.05) is 0 Å². The highest BCUT2D eigenvalue weighted by Gasteiger charge is 2.19. The molecule has 0 amide bonds. The molecule has 2 nitrogen and oxygen atoms in total. The molecule has 2 aromatic rings. The number of rotatable bonds is 2. The van der Waals surface area contributed by atoms with Crippen LogP contribution in [0.25, 0.3) is 10.8 Å². The van der Waals surface area contributed by atoms with E-state index in [0.29, 0.717) is 10.9 Å². The van der Waals surface area contributed by atoms with E-state index in [1.807, 2.05) is 6.07 Å². The Hall–Kier alpha value is -1.55. The van der Waals surface area contributed by atoms with Crippen molar-refractivity contribution in [2.45, 2.75) is 12.5 Å². The maximum absolute atomic E-state index is 12.5. The topological polar surface area (TPSA) is 38.9 Å². The third-order valence-corrected chi connectivity index (χ3v) is 2.35. The lowest BCUT2D eigenvalue weighted by atomic mass is 10.0. The molecular weight excluding hydrogens is 198 g/mol. The maximum Gasteiger partial charge on any atom is 0.257 e. The average molecular weight is 208 g/mol. The van der Waals surface area contributed by atoms with Gasteiger partial charge in [-0.2, -0.15) is 0 Å². The summed E-state index contributed by atoms with van der Waals surface area (Å²) in [6, 6.07) is 5.70. The van der Waals surface area contributed by atoms with Crippen LogP contribution < -0.4 is 5.73 Å². The summed E-state index contributed by atoms with van der Waals surface area (Å²) in [6.07, 6.45) is 0.628. The molecular formula is C11H10F2N2. The Morgan fingerprint density at radius 1 is 1.20 bits per heavy atom. The normalized spacial score (nSPS) is 13.3. The van der Waals surface area contributed by atoms with E-state index in [4.69, 9.17) is 5.73 Å². The average Bonchev–Trinajstić information content (AvgIpc) is 2.27. The second-order valence-electron chi connectivity index (χ2n) is 3.30. The number of aromatic nitrogens is 1. The fourth-order valence-electron chi connectivity index (χ4n) is 1.56. The van der Waals surface area contributed by atoms with Crippen LogP contribution in [0, 0.1) is 0 Å². The molecule has 78 valence electrons. The summed E-state index contributed by atoms with van der Waals surface area (Å²) in [5.74, 6) is 0. The van der Waals surface area contributed by atoms with Crippen molar-refractivity contribution < 1.29 is 8.78 Å². The van der Waals surface area contributed by atoms with Crippen LogP contribution >= 0.6 is 0 Å². The Kier molecular flexibility index (Phi) is 2.60. The molecule has 0 spiro atoms. The van der Waals surface area contributed by atoms with Crippen molar-refractivity contribution >= 4 is 10.8 Å². The number of hydrogen-bond acceptors (Lipinski definition) is 2. The Balaban J connectivity index is 2.60. The molecule has 0 saturated heterocycles. The van der Waals surface area contributed by atoms with Gasteiger partial charge in [0, 0.05) is 17.8 Å². The third kappa shape index (κ3) is 1.80. The molecule has 0 fully saturated rings. The minimum absolute atomic E-state index is 0.440. The second kappa shape index (κ2) is 3.90. The number of hydrogen-bond donors (Lipinski definition) is 1. The fraction of sp³-hybridized carbons (Fsp3) is 0.182. The molecule has 0 aliphatic rings. The lowest BCUT2D eigenvalue weighted by Gasteiger charge is -2.13. The minimum atomic E-state index is -2.56. The Bertz CT molecular complexity index is 466. The van der Waals surface area contributed by atoms with Crippen LogP contribution in [0.5, 0.6) is 0 Å². The van der Waals surface area contributed by atoms with Crippen LogP contribution in [-0.2, 0) is 0 Å². The number of halogens is 2. The minimum Gasteiger partial charge on any atom is -0.319 e. The zero-order valence-corrected chi connectivity index (χ0v) is 7.90. The summed E-state index contributed by atoms with van der Waals surface area (Å²) in [5, 5.41) is 1.56. The van der Waals surface area contributed by atoms with Crippen LogP contribution in [0.15, 0.2) is 36.7 Å². The highest BCUT2D eigenvalue weighted by Crippen LogP contribution is 2.25. The van der Waals surface area contributed by atoms with Crippen LogP contribution in [0.4, 0.5) is 8.78 Å². The van der Waals surface area contributed by atoms with Gasteiger partial charge in [-0.15, -0.1) is 0 Å². The quantitative estimate of drug-likeness (QED) is 0.823. The molecule has 0 aliphatic heterocycles. The number of fused-ring (bicyclic) bond motifs is 1. The Morgan fingerprint density at radius 2 is 2.00 bits per heavy atom. The van der Waals surface area contributed by atoms with Gasteiger partial charge in [0.25, 0.3) is 6.43 Å². The van der Waals surface area contributed by atoms with Gasteiger partial charge in [-0.1, -0.05) is 18.2 Å². The van der Waals surface area contributed by atoms with E-state index >= 15 is 0 Å². The predicted molar refractivity (Wildman–Crippen MR) is 54.7 cm³/mol. The number of nitrogens with zero attached hydrogens (tertiary/aromatic N) is 1. The van der Waals surface area contributed by atoms with E-state index in [0.717, 1.165) is 5.39 Å². The van der Waals surface area contributed by atoms with E-state index in [2.05, 4.69) is 4.98 Å². The molecule has 2 rings (SSSR count). The third-order valence-electron chi connectivity index (χ3n) is 2.35. The van der Waals surface area contributed by atoms with Gasteiger partial charge in [0.2, 0.25) is 0 Å². The molecule has 15 heavy (non-hydrogen) atoms. The molecule has 1 unspecified atom stereocenters. The second-order valence-corrected chi connectivity index (χ2v) is 3.30. The fourth-order valence-corrected chi connectivity index (χ4v) is 1.56. The van der Waals surface area contributed by atoms with Gasteiger partial charge in [-0.05, 0) is 17.0 Å². The van der Waals surface area contributed by atoms with E-state index in [1.165, 1.54) is 0 Å². The van der Waals surface area contributed by atoms with Gasteiger partial charge in [-0.3, -0.25) is 4.98 Å². The Morgan fingerprint density at radius 3 is 2.73 bits per heavy atom. The molecule has 1 aromatic heterocycles. The molecule has 2 N–H and O–H groups in total. The lowest BCUT2D eigenvalue weighted by molar-refractivity contribution is 0.117. The lowest BCUT2D eigenvalue weighted by Crippen LogP contribution is -2.19. The summed E-state index contributed by atoms with van der Waals surface area (Å²) in [6.45, 7) is 0. The molecule has 1 aromatic carbocycles. The molecule has 4 heteroatoms. The van der Waals surface area contributed by atoms with Gasteiger partial charge in [0.15, 0.2) is 0 Å². The molecule has 0 saturated carbocycles. The van der Waals surface area contributed by atoms with Crippen molar-refractivity contribution in [2.24, 2.45) is 5.73 Å². The van der Waals surface area contributed by atoms with E-state index in [-0.39, 0.29) is 0 Å². The van der Waals surface area contributed by atoms with Gasteiger partial charge in [0.1, 0.15) is 0 Å². The highest BCUT2D eigenvalue weighted by atomic mass is 19.3. The monoisotopic (exact) mass is 208 g/mol. The first-order chi connectivity index (χ1) is 7.20. The summed E-state index contributed by atoms with van der Waals surface area (Å²) in [5.41, 5.74) is 5.87. The Labute approximate surface area is 85.7 Å². The van der Waals surface area contributed by atoms with Crippen molar-refractivity contribution in [1.82, 2.24) is 4.98 Å². The van der Waals surface area contributed by atoms with Crippen LogP contribution in [0.2, 0.25) is 0 Å². The molecule has 0 radical (unpaired) electrons. The first-order valence-electron chi connectivity index (χ1n) is 4.56. The molecule has 0 aliphatic carbocycles. The van der Waals surface area contributed by atoms with Gasteiger partial charge in [0.05, 0.1) is 6.04 Å². The molecule has 1 heterocycles. The maximum atomic E-state index is 12.5. The SMILES string of the molecule is NC(c1cccc2ccncc12)C(F)F. The standard InChI is InChI=1S/C11H10F2N2/c12-11(13)10(14)8-3-1-2-7-4-5-15-6-9(7)8/h1-6,10-11H,14H2. The van der Waals surface area contributed by atoms with Crippen molar-refractivity contribution in [3.05, 3.63) is 42.2 Å². The van der Waals surface area contributed by atoms with Crippen LogP contribution in [-0.4, -0.2) is 11.4 Å². The van der Waals surface area contributed by atoms with E-state index < -0.39 is 12.5 Å². The molecule has 1 atom stereocenters. The van der Waals surface area contributed by atoms with Crippen molar-refractivity contribution in [1.29, 1.82) is 0 Å². The number of alkyl halides is 2. The first-order valence-corrected chi connectivity index (χ1v) is 4.56. The summed E-state index contributed by atoms with van der Waals surface area (Å²) >= 11 is 0. The molecule has 0 bridgehead atoms. The van der Waals surface area contributed by atoms with Crippen LogP contribution in [0.3, 0.4) is 0 Å². The number of benzene rings is 1. The van der Waals surface area contributed by atoms with E-state index in [1.54, 1.807) is 30.6 Å². The number of pyridine rings is 1. The predicted octanol–water partition coefficient (Wildman–Crippen LogP) is 2.50. The highest BCUT2D eigenvalue weighted by molar-refractivity contribution is 5.85. The zero-order valence-electron chi connectivity index (χ0n) is 7.90. The summed E-state index contributed by atoms with van der Waals surface area (Å²) in [7, 11) is 0. The van der Waals surface area contributed by atoms with Gasteiger partial charge in [-0.25, -0.2) is 8.78 Å². The first kappa shape index (κ1) is 9.98. The van der Waals surface area contributed by atoms with Gasteiger partial charge < -0.3 is 5.73 Å². The van der Waals surface area contributed by atoms with E-state index in [9.17, 15) is 8.78 Å². The zero-order chi connectivity index (χ0) is 10.8.